The Morgan fingerprint density at radius 3 is 1.45 bits per heavy atom. The van der Waals surface area contributed by atoms with Crippen molar-refractivity contribution in [2.24, 2.45) is 0 Å². The smallest absolute Gasteiger partial charge is 0.171 e. The lowest BCUT2D eigenvalue weighted by Crippen LogP contribution is -2.24. The Labute approximate surface area is 283 Å². The second-order valence-corrected chi connectivity index (χ2v) is 15.6. The average molecular weight is 645 g/mol. The molecule has 0 fully saturated rings. The van der Waals surface area contributed by atoms with Crippen LogP contribution in [0.3, 0.4) is 0 Å². The van der Waals surface area contributed by atoms with Crippen molar-refractivity contribution in [3.63, 3.8) is 0 Å². The number of furan rings is 1. The predicted octanol–water partition coefficient (Wildman–Crippen LogP) is 11.5. The maximum absolute atomic E-state index is 15.3. The SMILES string of the molecule is O=P(c1ccccc1)(c1ccccc1)c1ccc2oc3ccc(-c4c5ccc6ccccc6c5cc5c4ccc4ccccc45)cc3c2c1. The van der Waals surface area contributed by atoms with Gasteiger partial charge in [0.1, 0.15) is 11.2 Å². The molecule has 2 nitrogen and oxygen atoms in total. The number of hydrogen-bond acceptors (Lipinski definition) is 2. The number of hydrogen-bond donors (Lipinski definition) is 0. The minimum absolute atomic E-state index is 0.781. The standard InChI is InChI=1S/C46H29O2P/c47-49(33-13-3-1-4-14-33,34-15-5-2-6-16-34)35-22-26-45-43(28-35)42-27-32(21-25-44(42)48-45)46-38-23-19-30-11-7-9-17-36(30)40(38)29-41-37-18-10-8-12-31(37)20-24-39(41)46/h1-29H. The van der Waals surface area contributed by atoms with Crippen LogP contribution >= 0.6 is 7.14 Å². The van der Waals surface area contributed by atoms with Crippen molar-refractivity contribution >= 4 is 88.1 Å². The molecule has 0 atom stereocenters. The van der Waals surface area contributed by atoms with Gasteiger partial charge in [-0.1, -0.05) is 140 Å². The minimum Gasteiger partial charge on any atom is -0.456 e. The Balaban J connectivity index is 1.26. The van der Waals surface area contributed by atoms with Crippen LogP contribution < -0.4 is 15.9 Å². The molecule has 1 heterocycles. The molecule has 0 aliphatic heterocycles. The number of benzene rings is 9. The average Bonchev–Trinajstić information content (AvgIpc) is 3.54. The fourth-order valence-electron chi connectivity index (χ4n) is 7.78. The first-order valence-corrected chi connectivity index (χ1v) is 18.3. The van der Waals surface area contributed by atoms with E-state index < -0.39 is 7.14 Å². The van der Waals surface area contributed by atoms with Crippen LogP contribution in [0.15, 0.2) is 180 Å². The molecule has 9 aromatic carbocycles. The van der Waals surface area contributed by atoms with Crippen LogP contribution in [0, 0.1) is 0 Å². The van der Waals surface area contributed by atoms with Crippen LogP contribution in [0.5, 0.6) is 0 Å². The third kappa shape index (κ3) is 4.25. The van der Waals surface area contributed by atoms with Gasteiger partial charge in [0.05, 0.1) is 0 Å². The van der Waals surface area contributed by atoms with Gasteiger partial charge in [-0.3, -0.25) is 0 Å². The zero-order valence-corrected chi connectivity index (χ0v) is 27.4. The normalized spacial score (nSPS) is 12.2. The summed E-state index contributed by atoms with van der Waals surface area (Å²) < 4.78 is 21.7. The summed E-state index contributed by atoms with van der Waals surface area (Å²) in [4.78, 5) is 0. The summed E-state index contributed by atoms with van der Waals surface area (Å²) in [5, 5.41) is 14.2. The Hall–Kier alpha value is -5.95. The van der Waals surface area contributed by atoms with Crippen LogP contribution in [0.4, 0.5) is 0 Å². The van der Waals surface area contributed by atoms with E-state index in [0.29, 0.717) is 0 Å². The fraction of sp³-hybridized carbons (Fsp3) is 0. The highest BCUT2D eigenvalue weighted by atomic mass is 31.2. The van der Waals surface area contributed by atoms with Gasteiger partial charge in [-0.05, 0) is 90.6 Å². The van der Waals surface area contributed by atoms with E-state index in [2.05, 4.69) is 103 Å². The first-order chi connectivity index (χ1) is 24.2. The van der Waals surface area contributed by atoms with Crippen molar-refractivity contribution in [3.8, 4) is 11.1 Å². The van der Waals surface area contributed by atoms with Gasteiger partial charge in [0.2, 0.25) is 0 Å². The van der Waals surface area contributed by atoms with Crippen molar-refractivity contribution in [2.45, 2.75) is 0 Å². The van der Waals surface area contributed by atoms with E-state index in [1.54, 1.807) is 0 Å². The highest BCUT2D eigenvalue weighted by molar-refractivity contribution is 7.85. The molecule has 230 valence electrons. The number of fused-ring (bicyclic) bond motifs is 9. The Morgan fingerprint density at radius 2 is 0.857 bits per heavy atom. The van der Waals surface area contributed by atoms with E-state index in [4.69, 9.17) is 4.42 Å². The van der Waals surface area contributed by atoms with E-state index in [0.717, 1.165) is 43.4 Å². The second-order valence-electron chi connectivity index (χ2n) is 12.8. The van der Waals surface area contributed by atoms with E-state index in [9.17, 15) is 0 Å². The molecule has 10 rings (SSSR count). The van der Waals surface area contributed by atoms with Gasteiger partial charge in [-0.2, -0.15) is 0 Å². The second kappa shape index (κ2) is 10.8. The van der Waals surface area contributed by atoms with E-state index in [1.165, 1.54) is 48.7 Å². The van der Waals surface area contributed by atoms with Gasteiger partial charge in [-0.15, -0.1) is 0 Å². The molecule has 0 amide bonds. The van der Waals surface area contributed by atoms with Gasteiger partial charge >= 0.3 is 0 Å². The Morgan fingerprint density at radius 1 is 0.347 bits per heavy atom. The zero-order valence-electron chi connectivity index (χ0n) is 26.5. The summed E-state index contributed by atoms with van der Waals surface area (Å²) in [6.45, 7) is 0. The highest BCUT2D eigenvalue weighted by Gasteiger charge is 2.30. The van der Waals surface area contributed by atoms with Gasteiger partial charge in [-0.25, -0.2) is 0 Å². The molecule has 0 radical (unpaired) electrons. The quantitative estimate of drug-likeness (QED) is 0.108. The molecule has 49 heavy (non-hydrogen) atoms. The maximum Gasteiger partial charge on any atom is 0.171 e. The molecule has 0 aliphatic rings. The van der Waals surface area contributed by atoms with Crippen LogP contribution in [-0.2, 0) is 4.57 Å². The van der Waals surface area contributed by atoms with Gasteiger partial charge in [0.25, 0.3) is 0 Å². The summed E-state index contributed by atoms with van der Waals surface area (Å²) in [5.74, 6) is 0. The third-order valence-corrected chi connectivity index (χ3v) is 13.2. The van der Waals surface area contributed by atoms with E-state index in [1.807, 2.05) is 72.8 Å². The molecule has 0 unspecified atom stereocenters. The molecule has 3 heteroatoms. The molecule has 0 spiro atoms. The van der Waals surface area contributed by atoms with Crippen LogP contribution in [0.25, 0.3) is 76.2 Å². The molecule has 0 aliphatic carbocycles. The highest BCUT2D eigenvalue weighted by Crippen LogP contribution is 2.45. The minimum atomic E-state index is -3.16. The van der Waals surface area contributed by atoms with Crippen LogP contribution in [-0.4, -0.2) is 0 Å². The summed E-state index contributed by atoms with van der Waals surface area (Å²) in [7, 11) is -3.16. The lowest BCUT2D eigenvalue weighted by atomic mass is 9.88. The zero-order chi connectivity index (χ0) is 32.5. The van der Waals surface area contributed by atoms with Crippen molar-refractivity contribution in [1.82, 2.24) is 0 Å². The predicted molar refractivity (Wildman–Crippen MR) is 209 cm³/mol. The molecule has 0 bridgehead atoms. The Kier molecular flexibility index (Phi) is 6.19. The molecule has 0 N–H and O–H groups in total. The van der Waals surface area contributed by atoms with E-state index in [-0.39, 0.29) is 0 Å². The fourth-order valence-corrected chi connectivity index (χ4v) is 10.5. The first kappa shape index (κ1) is 28.1. The number of rotatable bonds is 4. The van der Waals surface area contributed by atoms with Crippen molar-refractivity contribution < 1.29 is 8.98 Å². The molecular weight excluding hydrogens is 615 g/mol. The first-order valence-electron chi connectivity index (χ1n) is 16.6. The van der Waals surface area contributed by atoms with Crippen LogP contribution in [0.1, 0.15) is 0 Å². The lowest BCUT2D eigenvalue weighted by molar-refractivity contribution is 0.592. The molecule has 0 saturated heterocycles. The molecule has 1 aromatic heterocycles. The lowest BCUT2D eigenvalue weighted by Gasteiger charge is -2.20. The summed E-state index contributed by atoms with van der Waals surface area (Å²) in [5.41, 5.74) is 3.92. The third-order valence-electron chi connectivity index (χ3n) is 10.1. The molecular formula is C46H29O2P. The monoisotopic (exact) mass is 644 g/mol. The summed E-state index contributed by atoms with van der Waals surface area (Å²) >= 11 is 0. The summed E-state index contributed by atoms with van der Waals surface area (Å²) in [6.07, 6.45) is 0. The largest absolute Gasteiger partial charge is 0.456 e. The van der Waals surface area contributed by atoms with Gasteiger partial charge < -0.3 is 8.98 Å². The van der Waals surface area contributed by atoms with Crippen LogP contribution in [0.2, 0.25) is 0 Å². The van der Waals surface area contributed by atoms with Crippen molar-refractivity contribution in [1.29, 1.82) is 0 Å². The van der Waals surface area contributed by atoms with E-state index >= 15 is 4.57 Å². The summed E-state index contributed by atoms with van der Waals surface area (Å²) in [6, 6.07) is 60.9. The maximum atomic E-state index is 15.3. The Bertz CT molecular complexity index is 2820. The van der Waals surface area contributed by atoms with Crippen molar-refractivity contribution in [2.75, 3.05) is 0 Å². The van der Waals surface area contributed by atoms with Gasteiger partial charge in [0, 0.05) is 26.7 Å². The topological polar surface area (TPSA) is 30.2 Å². The van der Waals surface area contributed by atoms with Crippen molar-refractivity contribution in [3.05, 3.63) is 176 Å². The van der Waals surface area contributed by atoms with Gasteiger partial charge in [0.15, 0.2) is 7.14 Å². The molecule has 0 saturated carbocycles. The molecule has 10 aromatic rings.